The first-order valence-electron chi connectivity index (χ1n) is 18.6. The molecule has 5 aromatic rings. The predicted octanol–water partition coefficient (Wildman–Crippen LogP) is 6.08. The van der Waals surface area contributed by atoms with Gasteiger partial charge in [-0.1, -0.05) is 49.7 Å². The Bertz CT molecular complexity index is 2270. The predicted molar refractivity (Wildman–Crippen MR) is 218 cm³/mol. The van der Waals surface area contributed by atoms with E-state index in [9.17, 15) is 9.18 Å². The number of aromatic amines is 1. The first kappa shape index (κ1) is 40.3. The molecule has 1 aromatic carbocycles. The second-order valence-electron chi connectivity index (χ2n) is 13.3. The largest absolute Gasteiger partial charge is 0.473 e. The molecule has 0 bridgehead atoms. The maximum absolute atomic E-state index is 14.1. The van der Waals surface area contributed by atoms with Gasteiger partial charge in [0, 0.05) is 42.2 Å². The number of hydrogen-bond acceptors (Lipinski definition) is 10. The van der Waals surface area contributed by atoms with Crippen molar-refractivity contribution in [1.82, 2.24) is 39.9 Å². The minimum atomic E-state index is -0.383. The summed E-state index contributed by atoms with van der Waals surface area (Å²) in [6.45, 7) is 10.1. The Kier molecular flexibility index (Phi) is 13.5. The number of pyridine rings is 2. The molecule has 1 aliphatic carbocycles. The number of nitrogens with zero attached hydrogens (tertiary/aromatic N) is 6. The second-order valence-corrected chi connectivity index (χ2v) is 14.9. The summed E-state index contributed by atoms with van der Waals surface area (Å²) >= 11 is 7.66. The number of aryl methyl sites for hydroxylation is 1. The number of H-pyrrole nitrogens is 1. The minimum absolute atomic E-state index is 0.0929. The molecule has 0 radical (unpaired) electrons. The van der Waals surface area contributed by atoms with E-state index in [1.807, 2.05) is 40.0 Å². The number of imidazole rings is 1. The van der Waals surface area contributed by atoms with E-state index in [1.165, 1.54) is 17.0 Å². The lowest BCUT2D eigenvalue weighted by molar-refractivity contribution is -0.0882. The number of ether oxygens (including phenoxy) is 2. The van der Waals surface area contributed by atoms with Crippen molar-refractivity contribution in [1.29, 1.82) is 0 Å². The molecule has 2 aliphatic heterocycles. The van der Waals surface area contributed by atoms with Crippen LogP contribution < -0.4 is 20.8 Å². The summed E-state index contributed by atoms with van der Waals surface area (Å²) in [5.74, 6) is 1.18. The van der Waals surface area contributed by atoms with Crippen molar-refractivity contribution in [2.45, 2.75) is 70.7 Å². The number of rotatable bonds is 11. The fourth-order valence-corrected chi connectivity index (χ4v) is 7.54. The Morgan fingerprint density at radius 3 is 2.69 bits per heavy atom. The van der Waals surface area contributed by atoms with E-state index in [0.29, 0.717) is 28.2 Å². The van der Waals surface area contributed by atoms with E-state index in [1.54, 1.807) is 42.1 Å². The van der Waals surface area contributed by atoms with Crippen LogP contribution in [0, 0.1) is 12.7 Å². The van der Waals surface area contributed by atoms with Crippen LogP contribution in [-0.4, -0.2) is 84.9 Å². The minimum Gasteiger partial charge on any atom is -0.473 e. The molecule has 1 fully saturated rings. The monoisotopic (exact) mass is 786 g/mol. The zero-order valence-electron chi connectivity index (χ0n) is 31.9. The van der Waals surface area contributed by atoms with Crippen LogP contribution in [0.5, 0.6) is 5.88 Å². The number of carbonyl (C=O) groups is 1. The molecule has 2 atom stereocenters. The molecule has 55 heavy (non-hydrogen) atoms. The molecule has 3 aliphatic rings. The maximum Gasteiger partial charge on any atom is 0.214 e. The first-order chi connectivity index (χ1) is 26.8. The second kappa shape index (κ2) is 18.5. The smallest absolute Gasteiger partial charge is 0.214 e. The van der Waals surface area contributed by atoms with Gasteiger partial charge in [-0.15, -0.1) is 11.8 Å². The lowest BCUT2D eigenvalue weighted by atomic mass is 10.0. The summed E-state index contributed by atoms with van der Waals surface area (Å²) in [6, 6.07) is 14.1. The Balaban J connectivity index is 0.000000309. The van der Waals surface area contributed by atoms with Gasteiger partial charge in [0.1, 0.15) is 39.9 Å². The topological polar surface area (TPSA) is 123 Å². The van der Waals surface area contributed by atoms with E-state index in [0.717, 1.165) is 91.9 Å². The maximum atomic E-state index is 14.1. The van der Waals surface area contributed by atoms with Gasteiger partial charge >= 0.3 is 0 Å². The molecular weight excluding hydrogens is 739 g/mol. The van der Waals surface area contributed by atoms with Crippen molar-refractivity contribution < 1.29 is 18.7 Å². The van der Waals surface area contributed by atoms with Crippen molar-refractivity contribution in [3.8, 4) is 5.88 Å². The number of carbonyl (C=O) groups excluding carboxylic acids is 1. The number of benzene rings is 1. The summed E-state index contributed by atoms with van der Waals surface area (Å²) in [6.07, 6.45) is 12.6. The number of aromatic nitrogens is 6. The van der Waals surface area contributed by atoms with Gasteiger partial charge in [-0.3, -0.25) is 14.8 Å². The van der Waals surface area contributed by atoms with Gasteiger partial charge in [0.2, 0.25) is 5.88 Å². The number of fused-ring (bicyclic) bond motifs is 2. The molecule has 0 spiro atoms. The van der Waals surface area contributed by atoms with Crippen LogP contribution >= 0.6 is 23.4 Å². The van der Waals surface area contributed by atoms with E-state index in [-0.39, 0.29) is 17.4 Å². The van der Waals surface area contributed by atoms with Gasteiger partial charge in [-0.2, -0.15) is 5.10 Å². The summed E-state index contributed by atoms with van der Waals surface area (Å²) in [5.41, 5.74) is 5.40. The van der Waals surface area contributed by atoms with Crippen molar-refractivity contribution in [2.75, 3.05) is 33.0 Å². The molecule has 2 unspecified atom stereocenters. The summed E-state index contributed by atoms with van der Waals surface area (Å²) in [4.78, 5) is 26.6. The van der Waals surface area contributed by atoms with Crippen molar-refractivity contribution in [3.63, 3.8) is 0 Å². The Hall–Kier alpha value is -4.40. The number of aldehydes is 1. The van der Waals surface area contributed by atoms with E-state index in [2.05, 4.69) is 54.4 Å². The third-order valence-electron chi connectivity index (χ3n) is 9.85. The van der Waals surface area contributed by atoms with Gasteiger partial charge in [-0.05, 0) is 75.0 Å². The molecular formula is C41H48ClFN8O3S. The molecule has 2 N–H and O–H groups in total. The molecule has 0 saturated carbocycles. The van der Waals surface area contributed by atoms with Crippen molar-refractivity contribution >= 4 is 58.4 Å². The number of thioether (sulfide) groups is 1. The third kappa shape index (κ3) is 9.53. The zero-order chi connectivity index (χ0) is 39.0. The van der Waals surface area contributed by atoms with Crippen molar-refractivity contribution in [3.05, 3.63) is 105 Å². The molecule has 1 saturated heterocycles. The normalized spacial score (nSPS) is 19.0. The van der Waals surface area contributed by atoms with E-state index < -0.39 is 0 Å². The Morgan fingerprint density at radius 2 is 2.00 bits per heavy atom. The van der Waals surface area contributed by atoms with Crippen molar-refractivity contribution in [2.24, 2.45) is 0 Å². The molecule has 6 heterocycles. The standard InChI is InChI=1S/C31H35ClFN5O2S.C8H7N3O.C2H6/c1-34-24-8-9-28-27(17-24)35-29(38(28)20-31(41-2)12-15-40-31)18-37-13-10-21(11-14-37)26-4-3-5-30(36-26)39-19-22-6-7-23(32)16-25(22)33;1-5-8-7(11-10-5)3-2-6(4-12)9-8;1-2/h3-7,9-10,16-17,24,34H,8,11-15,18-20H2,1-2H3;2-4H,1H3,(H,10,11);1-2H3. The molecule has 4 aromatic heterocycles. The SMILES string of the molecule is CC.CNC1C=c2nc(CN3CC=C(c4cccc(OCc5ccc(Cl)cc5F)n4)CC3)n(CC3(SC)CCO3)c2=CC1.Cc1[nH]nc2ccc(C=O)nc12. The van der Waals surface area contributed by atoms with Crippen LogP contribution in [-0.2, 0) is 24.4 Å². The summed E-state index contributed by atoms with van der Waals surface area (Å²) in [5, 5.41) is 12.8. The summed E-state index contributed by atoms with van der Waals surface area (Å²) in [7, 11) is 2.00. The van der Waals surface area contributed by atoms with Crippen LogP contribution in [0.2, 0.25) is 5.02 Å². The van der Waals surface area contributed by atoms with Crippen LogP contribution in [0.15, 0.2) is 54.6 Å². The lowest BCUT2D eigenvalue weighted by Crippen LogP contribution is -2.48. The van der Waals surface area contributed by atoms with E-state index in [4.69, 9.17) is 31.0 Å². The molecule has 8 rings (SSSR count). The molecule has 11 nitrogen and oxygen atoms in total. The summed E-state index contributed by atoms with van der Waals surface area (Å²) < 4.78 is 28.4. The molecule has 14 heteroatoms. The van der Waals surface area contributed by atoms with Crippen LogP contribution in [0.3, 0.4) is 0 Å². The first-order valence-corrected chi connectivity index (χ1v) is 20.2. The zero-order valence-corrected chi connectivity index (χ0v) is 33.5. The van der Waals surface area contributed by atoms with E-state index >= 15 is 0 Å². The highest BCUT2D eigenvalue weighted by atomic mass is 35.5. The quantitative estimate of drug-likeness (QED) is 0.153. The van der Waals surface area contributed by atoms with Crippen LogP contribution in [0.25, 0.3) is 28.8 Å². The number of nitrogens with one attached hydrogen (secondary N) is 2. The number of halogens is 2. The fourth-order valence-electron chi connectivity index (χ4n) is 6.64. The highest BCUT2D eigenvalue weighted by Crippen LogP contribution is 2.38. The van der Waals surface area contributed by atoms with Gasteiger partial charge in [0.15, 0.2) is 6.29 Å². The fraction of sp³-hybridized carbons (Fsp3) is 0.390. The Labute approximate surface area is 330 Å². The van der Waals surface area contributed by atoms with Crippen LogP contribution in [0.4, 0.5) is 4.39 Å². The third-order valence-corrected chi connectivity index (χ3v) is 11.3. The van der Waals surface area contributed by atoms with Gasteiger partial charge in [-0.25, -0.2) is 19.3 Å². The molecule has 290 valence electrons. The van der Waals surface area contributed by atoms with Gasteiger partial charge in [0.25, 0.3) is 0 Å². The average Bonchev–Trinajstić information content (AvgIpc) is 3.74. The highest BCUT2D eigenvalue weighted by molar-refractivity contribution is 7.99. The lowest BCUT2D eigenvalue weighted by Gasteiger charge is -2.41. The number of hydrogen-bond donors (Lipinski definition) is 2. The average molecular weight is 787 g/mol. The Morgan fingerprint density at radius 1 is 1.16 bits per heavy atom. The van der Waals surface area contributed by atoms with Gasteiger partial charge < -0.3 is 19.4 Å². The van der Waals surface area contributed by atoms with Gasteiger partial charge in [0.05, 0.1) is 41.8 Å². The van der Waals surface area contributed by atoms with Crippen LogP contribution in [0.1, 0.15) is 66.4 Å². The highest BCUT2D eigenvalue weighted by Gasteiger charge is 2.39. The molecule has 0 amide bonds.